The van der Waals surface area contributed by atoms with Gasteiger partial charge >= 0.3 is 0 Å². The molecule has 0 saturated heterocycles. The zero-order valence-electron chi connectivity index (χ0n) is 8.38. The summed E-state index contributed by atoms with van der Waals surface area (Å²) < 4.78 is 0. The Morgan fingerprint density at radius 3 is 3.07 bits per heavy atom. The molecule has 0 bridgehead atoms. The Labute approximate surface area is 84.2 Å². The van der Waals surface area contributed by atoms with E-state index in [1.54, 1.807) is 18.3 Å². The second-order valence-corrected chi connectivity index (χ2v) is 3.02. The van der Waals surface area contributed by atoms with E-state index in [-0.39, 0.29) is 0 Å². The van der Waals surface area contributed by atoms with Gasteiger partial charge in [-0.3, -0.25) is 0 Å². The lowest BCUT2D eigenvalue weighted by molar-refractivity contribution is 0.788. The molecule has 1 aromatic heterocycles. The Morgan fingerprint density at radius 1 is 1.64 bits per heavy atom. The van der Waals surface area contributed by atoms with Crippen molar-refractivity contribution < 1.29 is 0 Å². The van der Waals surface area contributed by atoms with E-state index in [1.807, 2.05) is 7.05 Å². The van der Waals surface area contributed by atoms with E-state index in [2.05, 4.69) is 22.2 Å². The van der Waals surface area contributed by atoms with Crippen molar-refractivity contribution in [2.24, 2.45) is 0 Å². The molecule has 0 amide bonds. The molecule has 0 aliphatic rings. The number of nitrogen functional groups attached to an aromatic ring is 1. The maximum Gasteiger partial charge on any atom is 0.153 e. The van der Waals surface area contributed by atoms with Crippen LogP contribution in [-0.2, 0) is 0 Å². The standard InChI is InChI=1S/C10H16N4/c1-8(5-7-12-2)14-10-9(11)4-3-6-13-10/h3-4,6,12H,1,5,7,11H2,2H3,(H,13,14). The van der Waals surface area contributed by atoms with Gasteiger partial charge in [-0.05, 0) is 25.6 Å². The van der Waals surface area contributed by atoms with Crippen LogP contribution in [0.1, 0.15) is 6.42 Å². The summed E-state index contributed by atoms with van der Waals surface area (Å²) in [5.74, 6) is 0.675. The van der Waals surface area contributed by atoms with Gasteiger partial charge in [0.1, 0.15) is 0 Å². The van der Waals surface area contributed by atoms with Gasteiger partial charge in [-0.25, -0.2) is 4.98 Å². The molecule has 14 heavy (non-hydrogen) atoms. The van der Waals surface area contributed by atoms with Crippen molar-refractivity contribution in [3.05, 3.63) is 30.6 Å². The summed E-state index contributed by atoms with van der Waals surface area (Å²) in [4.78, 5) is 4.11. The largest absolute Gasteiger partial charge is 0.396 e. The van der Waals surface area contributed by atoms with Crippen LogP contribution in [0.15, 0.2) is 30.6 Å². The highest BCUT2D eigenvalue weighted by atomic mass is 15.0. The van der Waals surface area contributed by atoms with E-state index in [0.29, 0.717) is 11.5 Å². The van der Waals surface area contributed by atoms with E-state index in [4.69, 9.17) is 5.73 Å². The summed E-state index contributed by atoms with van der Waals surface area (Å²) in [5, 5.41) is 6.12. The molecule has 4 heteroatoms. The van der Waals surface area contributed by atoms with Gasteiger partial charge in [0.15, 0.2) is 5.82 Å². The van der Waals surface area contributed by atoms with Crippen molar-refractivity contribution in [3.8, 4) is 0 Å². The lowest BCUT2D eigenvalue weighted by Gasteiger charge is -2.09. The van der Waals surface area contributed by atoms with E-state index in [0.717, 1.165) is 18.7 Å². The van der Waals surface area contributed by atoms with Crippen molar-refractivity contribution in [2.75, 3.05) is 24.6 Å². The van der Waals surface area contributed by atoms with Gasteiger partial charge in [0.25, 0.3) is 0 Å². The average Bonchev–Trinajstić information content (AvgIpc) is 2.18. The van der Waals surface area contributed by atoms with Crippen LogP contribution in [-0.4, -0.2) is 18.6 Å². The third-order valence-electron chi connectivity index (χ3n) is 1.81. The first kappa shape index (κ1) is 10.5. The SMILES string of the molecule is C=C(CCNC)Nc1ncccc1N. The van der Waals surface area contributed by atoms with Crippen molar-refractivity contribution >= 4 is 11.5 Å². The van der Waals surface area contributed by atoms with Crippen LogP contribution in [0, 0.1) is 0 Å². The fourth-order valence-electron chi connectivity index (χ4n) is 1.03. The third kappa shape index (κ3) is 3.06. The van der Waals surface area contributed by atoms with E-state index in [1.165, 1.54) is 0 Å². The fraction of sp³-hybridized carbons (Fsp3) is 0.300. The van der Waals surface area contributed by atoms with Crippen LogP contribution >= 0.6 is 0 Å². The monoisotopic (exact) mass is 192 g/mol. The smallest absolute Gasteiger partial charge is 0.153 e. The molecule has 76 valence electrons. The molecular weight excluding hydrogens is 176 g/mol. The first-order valence-electron chi connectivity index (χ1n) is 4.54. The van der Waals surface area contributed by atoms with Gasteiger partial charge in [0, 0.05) is 18.4 Å². The van der Waals surface area contributed by atoms with Gasteiger partial charge in [0.05, 0.1) is 5.69 Å². The Morgan fingerprint density at radius 2 is 2.43 bits per heavy atom. The molecular formula is C10H16N4. The molecule has 0 aliphatic heterocycles. The number of hydrogen-bond acceptors (Lipinski definition) is 4. The number of nitrogens with one attached hydrogen (secondary N) is 2. The highest BCUT2D eigenvalue weighted by Gasteiger charge is 1.99. The van der Waals surface area contributed by atoms with Crippen LogP contribution in [0.2, 0.25) is 0 Å². The summed E-state index contributed by atoms with van der Waals surface area (Å²) in [7, 11) is 1.91. The lowest BCUT2D eigenvalue weighted by atomic mass is 10.3. The number of anilines is 2. The van der Waals surface area contributed by atoms with Crippen LogP contribution in [0.25, 0.3) is 0 Å². The minimum Gasteiger partial charge on any atom is -0.396 e. The van der Waals surface area contributed by atoms with E-state index < -0.39 is 0 Å². The normalized spacial score (nSPS) is 9.79. The number of hydrogen-bond donors (Lipinski definition) is 3. The molecule has 0 fully saturated rings. The highest BCUT2D eigenvalue weighted by molar-refractivity contribution is 5.62. The summed E-state index contributed by atoms with van der Waals surface area (Å²) in [6, 6.07) is 3.61. The zero-order chi connectivity index (χ0) is 10.4. The number of aromatic nitrogens is 1. The summed E-state index contributed by atoms with van der Waals surface area (Å²) in [6.45, 7) is 4.77. The zero-order valence-corrected chi connectivity index (χ0v) is 8.38. The highest BCUT2D eigenvalue weighted by Crippen LogP contribution is 2.15. The molecule has 0 atom stereocenters. The average molecular weight is 192 g/mol. The van der Waals surface area contributed by atoms with Gasteiger partial charge in [0.2, 0.25) is 0 Å². The van der Waals surface area contributed by atoms with Crippen molar-refractivity contribution in [2.45, 2.75) is 6.42 Å². The molecule has 1 aromatic rings. The molecule has 0 aromatic carbocycles. The van der Waals surface area contributed by atoms with Gasteiger partial charge in [-0.1, -0.05) is 6.58 Å². The van der Waals surface area contributed by atoms with Gasteiger partial charge in [-0.2, -0.15) is 0 Å². The molecule has 0 spiro atoms. The quantitative estimate of drug-likeness (QED) is 0.656. The Hall–Kier alpha value is -1.55. The second-order valence-electron chi connectivity index (χ2n) is 3.02. The maximum absolute atomic E-state index is 5.72. The van der Waals surface area contributed by atoms with Crippen LogP contribution in [0.5, 0.6) is 0 Å². The Kier molecular flexibility index (Phi) is 3.94. The Bertz CT molecular complexity index is 309. The minimum absolute atomic E-state index is 0.637. The summed E-state index contributed by atoms with van der Waals surface area (Å²) in [6.07, 6.45) is 2.55. The topological polar surface area (TPSA) is 63.0 Å². The van der Waals surface area contributed by atoms with Crippen LogP contribution < -0.4 is 16.4 Å². The molecule has 4 N–H and O–H groups in total. The molecule has 1 rings (SSSR count). The van der Waals surface area contributed by atoms with Crippen molar-refractivity contribution in [1.29, 1.82) is 0 Å². The predicted molar refractivity (Wildman–Crippen MR) is 60.0 cm³/mol. The summed E-state index contributed by atoms with van der Waals surface area (Å²) in [5.41, 5.74) is 7.26. The van der Waals surface area contributed by atoms with Crippen LogP contribution in [0.3, 0.4) is 0 Å². The lowest BCUT2D eigenvalue weighted by Crippen LogP contribution is -2.12. The minimum atomic E-state index is 0.637. The summed E-state index contributed by atoms with van der Waals surface area (Å²) >= 11 is 0. The van der Waals surface area contributed by atoms with Crippen LogP contribution in [0.4, 0.5) is 11.5 Å². The van der Waals surface area contributed by atoms with Crippen molar-refractivity contribution in [3.63, 3.8) is 0 Å². The predicted octanol–water partition coefficient (Wildman–Crippen LogP) is 1.20. The molecule has 0 aliphatic carbocycles. The maximum atomic E-state index is 5.72. The molecule has 0 saturated carbocycles. The fourth-order valence-corrected chi connectivity index (χ4v) is 1.03. The van der Waals surface area contributed by atoms with E-state index in [9.17, 15) is 0 Å². The second kappa shape index (κ2) is 5.24. The van der Waals surface area contributed by atoms with Gasteiger partial charge in [-0.15, -0.1) is 0 Å². The molecule has 0 radical (unpaired) electrons. The molecule has 1 heterocycles. The van der Waals surface area contributed by atoms with Gasteiger partial charge < -0.3 is 16.4 Å². The van der Waals surface area contributed by atoms with E-state index >= 15 is 0 Å². The Balaban J connectivity index is 2.52. The first-order valence-corrected chi connectivity index (χ1v) is 4.54. The third-order valence-corrected chi connectivity index (χ3v) is 1.81. The number of nitrogens with zero attached hydrogens (tertiary/aromatic N) is 1. The molecule has 4 nitrogen and oxygen atoms in total. The number of pyridine rings is 1. The number of nitrogens with two attached hydrogens (primary N) is 1. The number of rotatable bonds is 5. The molecule has 0 unspecified atom stereocenters. The first-order chi connectivity index (χ1) is 6.74. The van der Waals surface area contributed by atoms with Crippen molar-refractivity contribution in [1.82, 2.24) is 10.3 Å².